The minimum atomic E-state index is -0.711. The molecular formula is C68H68ClN12O4Zn+5. The summed E-state index contributed by atoms with van der Waals surface area (Å²) in [5, 5.41) is 6.82. The van der Waals surface area contributed by atoms with Gasteiger partial charge < -0.3 is 46.6 Å². The Balaban J connectivity index is 0.00000384. The van der Waals surface area contributed by atoms with Gasteiger partial charge in [-0.15, -0.1) is 0 Å². The third-order valence-corrected chi connectivity index (χ3v) is 15.4. The SMILES string of the molecule is C[N+](C)(C)c1ccc(Oc2cccc3c2C2=N/C3=N\c3[nH]c(c4cccc(Oc5ccc([N+](C)(C)C)cc5)c34)NC3N=C(N=c4[nH]c(c5cccc(Oc6ccc([N+](C)(C)C)cc6)c45)=N2)c2cccc(Oc4ccc([N+](C)(C)C)cc4)c23)cc1.[Cl-].[Zn+2]. The van der Waals surface area contributed by atoms with Crippen molar-refractivity contribution in [2.24, 2.45) is 25.0 Å². The molecule has 0 amide bonds. The van der Waals surface area contributed by atoms with Gasteiger partial charge in [-0.2, -0.15) is 0 Å². The van der Waals surface area contributed by atoms with Gasteiger partial charge in [0, 0.05) is 70.4 Å². The smallest absolute Gasteiger partial charge is 1.00 e. The number of amidine groups is 3. The van der Waals surface area contributed by atoms with E-state index < -0.39 is 6.17 Å². The van der Waals surface area contributed by atoms with Crippen LogP contribution in [0.3, 0.4) is 0 Å². The first-order valence-corrected chi connectivity index (χ1v) is 28.0. The number of anilines is 1. The molecule has 3 aliphatic rings. The van der Waals surface area contributed by atoms with Gasteiger partial charge in [-0.3, -0.25) is 17.9 Å². The van der Waals surface area contributed by atoms with Crippen molar-refractivity contribution in [3.63, 3.8) is 0 Å². The molecule has 3 aliphatic heterocycles. The predicted molar refractivity (Wildman–Crippen MR) is 342 cm³/mol. The number of nitrogens with one attached hydrogen (secondary N) is 3. The molecule has 428 valence electrons. The normalized spacial score (nSPS) is 15.1. The van der Waals surface area contributed by atoms with Crippen molar-refractivity contribution in [3.05, 3.63) is 203 Å². The first kappa shape index (κ1) is 59.0. The van der Waals surface area contributed by atoms with Crippen LogP contribution in [0.5, 0.6) is 46.0 Å². The molecule has 10 aromatic rings. The molecule has 13 rings (SSSR count). The quantitative estimate of drug-likeness (QED) is 0.0825. The van der Waals surface area contributed by atoms with E-state index in [0.717, 1.165) is 55.6 Å². The summed E-state index contributed by atoms with van der Waals surface area (Å²) >= 11 is 0. The van der Waals surface area contributed by atoms with Gasteiger partial charge in [0.1, 0.15) is 91.4 Å². The fraction of sp³-hybridized carbons (Fsp3) is 0.191. The Morgan fingerprint density at radius 1 is 0.372 bits per heavy atom. The maximum Gasteiger partial charge on any atom is 2.00 e. The Morgan fingerprint density at radius 3 is 1.30 bits per heavy atom. The number of H-pyrrole nitrogens is 2. The fourth-order valence-corrected chi connectivity index (χ4v) is 10.8. The zero-order valence-corrected chi connectivity index (χ0v) is 54.2. The summed E-state index contributed by atoms with van der Waals surface area (Å²) < 4.78 is 30.0. The van der Waals surface area contributed by atoms with Gasteiger partial charge in [-0.05, 0) is 72.8 Å². The van der Waals surface area contributed by atoms with Crippen LogP contribution in [0.25, 0.3) is 21.5 Å². The molecule has 16 nitrogen and oxygen atoms in total. The summed E-state index contributed by atoms with van der Waals surface area (Å²) in [4.78, 5) is 34.6. The molecule has 8 aromatic carbocycles. The van der Waals surface area contributed by atoms with Crippen molar-refractivity contribution in [1.82, 2.24) is 27.9 Å². The Kier molecular flexibility index (Phi) is 15.2. The molecule has 1 atom stereocenters. The zero-order chi connectivity index (χ0) is 58.5. The van der Waals surface area contributed by atoms with Crippen LogP contribution in [0, 0.1) is 0 Å². The molecule has 1 unspecified atom stereocenters. The largest absolute Gasteiger partial charge is 2.00 e. The van der Waals surface area contributed by atoms with Crippen LogP contribution in [0.1, 0.15) is 28.4 Å². The van der Waals surface area contributed by atoms with E-state index in [1.54, 1.807) is 0 Å². The maximum absolute atomic E-state index is 6.86. The average molecular weight is 1220 g/mol. The molecule has 2 aromatic heterocycles. The number of hydrogen-bond acceptors (Lipinski definition) is 10. The first-order chi connectivity index (χ1) is 40.1. The second kappa shape index (κ2) is 22.2. The first-order valence-electron chi connectivity index (χ1n) is 28.0. The van der Waals surface area contributed by atoms with Crippen LogP contribution in [0.15, 0.2) is 195 Å². The summed E-state index contributed by atoms with van der Waals surface area (Å²) in [6.07, 6.45) is -0.711. The molecule has 0 fully saturated rings. The number of benzene rings is 8. The van der Waals surface area contributed by atoms with Crippen LogP contribution in [0.2, 0.25) is 0 Å². The summed E-state index contributed by atoms with van der Waals surface area (Å²) in [7, 11) is 25.7. The second-order valence-corrected chi connectivity index (χ2v) is 25.0. The van der Waals surface area contributed by atoms with Crippen LogP contribution >= 0.6 is 0 Å². The van der Waals surface area contributed by atoms with Gasteiger partial charge >= 0.3 is 19.5 Å². The number of ether oxygens (including phenoxy) is 4. The van der Waals surface area contributed by atoms with E-state index in [4.69, 9.17) is 43.9 Å². The monoisotopic (exact) mass is 1220 g/mol. The van der Waals surface area contributed by atoms with Gasteiger partial charge in [0.25, 0.3) is 0 Å². The summed E-state index contributed by atoms with van der Waals surface area (Å²) in [5.41, 5.74) is 8.50. The minimum Gasteiger partial charge on any atom is -1.00 e. The van der Waals surface area contributed by atoms with E-state index in [2.05, 4.69) is 148 Å². The van der Waals surface area contributed by atoms with Crippen molar-refractivity contribution in [3.8, 4) is 46.0 Å². The third kappa shape index (κ3) is 11.3. The molecule has 0 spiro atoms. The Bertz CT molecular complexity index is 4490. The van der Waals surface area contributed by atoms with E-state index in [1.165, 1.54) is 0 Å². The standard InChI is InChI=1S/C68H68N12O4.ClH.Zn/c1-77(2,3)41-25-33-45(34-26-41)81-53-21-13-17-49-57(53)65-69-61(49)74-66-59-51(19-15-23-55(59)83-47-37-29-43(30-38-47)79(7,8)9)63(71-66)76-68-60-52(20-16-24-56(60)84-48-39-31-44(32-40-48)80(10,11)12)64(72-68)75-67-58-50(62(70-67)73-65)18-14-22-54(58)82-46-35-27-42(28-36-46)78(4,5)6;;/h13-40,65,70,73H,1-12H3,(H,69,71,72,74,75,76);1H;/q+4;;+2/p-1. The van der Waals surface area contributed by atoms with Crippen molar-refractivity contribution < 1.29 is 50.8 Å². The summed E-state index contributed by atoms with van der Waals surface area (Å²) in [6.45, 7) is 0. The van der Waals surface area contributed by atoms with E-state index in [9.17, 15) is 0 Å². The number of fused-ring (bicyclic) bond motifs is 18. The Morgan fingerprint density at radius 2 is 0.791 bits per heavy atom. The molecule has 5 heterocycles. The average Bonchev–Trinajstić information content (AvgIpc) is 1.98. The van der Waals surface area contributed by atoms with E-state index in [-0.39, 0.29) is 31.9 Å². The number of halogens is 1. The molecule has 0 saturated carbocycles. The molecule has 0 saturated heterocycles. The van der Waals surface area contributed by atoms with Crippen LogP contribution < -0.4 is 65.6 Å². The number of hydrogen-bond donors (Lipinski definition) is 3. The second-order valence-electron chi connectivity index (χ2n) is 25.0. The number of aromatic amines is 2. The van der Waals surface area contributed by atoms with Crippen molar-refractivity contribution >= 4 is 73.4 Å². The Labute approximate surface area is 519 Å². The number of nitrogens with zero attached hydrogens (tertiary/aromatic N) is 9. The van der Waals surface area contributed by atoms with Crippen molar-refractivity contribution in [2.45, 2.75) is 6.17 Å². The topological polar surface area (TPSA) is 142 Å². The number of rotatable bonds is 12. The summed E-state index contributed by atoms with van der Waals surface area (Å²) in [6, 6.07) is 56.5. The molecule has 8 bridgehead atoms. The molecular weight excluding hydrogens is 1150 g/mol. The molecule has 3 N–H and O–H groups in total. The van der Waals surface area contributed by atoms with E-state index in [0.29, 0.717) is 115 Å². The molecule has 0 aliphatic carbocycles. The molecule has 18 heteroatoms. The zero-order valence-electron chi connectivity index (χ0n) is 50.5. The van der Waals surface area contributed by atoms with Crippen molar-refractivity contribution in [1.29, 1.82) is 0 Å². The number of quaternary nitrogens is 4. The number of aromatic nitrogens is 2. The fourth-order valence-electron chi connectivity index (χ4n) is 10.8. The number of aliphatic imine (C=N–C) groups is 3. The maximum atomic E-state index is 6.86. The van der Waals surface area contributed by atoms with E-state index >= 15 is 0 Å². The third-order valence-electron chi connectivity index (χ3n) is 15.4. The Hall–Kier alpha value is -8.80. The van der Waals surface area contributed by atoms with Gasteiger partial charge in [0.05, 0.1) is 106 Å². The van der Waals surface area contributed by atoms with Crippen LogP contribution in [-0.2, 0) is 19.5 Å². The van der Waals surface area contributed by atoms with E-state index in [1.807, 2.05) is 121 Å². The minimum absolute atomic E-state index is 0. The molecule has 86 heavy (non-hydrogen) atoms. The van der Waals surface area contributed by atoms with Gasteiger partial charge in [-0.25, -0.2) is 25.0 Å². The van der Waals surface area contributed by atoms with Gasteiger partial charge in [-0.1, -0.05) is 48.5 Å². The molecule has 0 radical (unpaired) electrons. The van der Waals surface area contributed by atoms with Gasteiger partial charge in [0.2, 0.25) is 0 Å². The summed E-state index contributed by atoms with van der Waals surface area (Å²) in [5.74, 6) is 7.45. The predicted octanol–water partition coefficient (Wildman–Crippen LogP) is 10.3. The van der Waals surface area contributed by atoms with Gasteiger partial charge in [0.15, 0.2) is 23.7 Å². The van der Waals surface area contributed by atoms with Crippen LogP contribution in [-0.4, -0.2) is 112 Å². The van der Waals surface area contributed by atoms with Crippen molar-refractivity contribution in [2.75, 3.05) is 89.9 Å². The van der Waals surface area contributed by atoms with Crippen LogP contribution in [0.4, 0.5) is 34.4 Å².